The Balaban J connectivity index is 1.90. The first-order valence-electron chi connectivity index (χ1n) is 6.37. The summed E-state index contributed by atoms with van der Waals surface area (Å²) in [7, 11) is 3.63. The highest BCUT2D eigenvalue weighted by Crippen LogP contribution is 2.37. The van der Waals surface area contributed by atoms with Crippen molar-refractivity contribution in [3.05, 3.63) is 18.0 Å². The normalized spacial score (nSPS) is 20.6. The lowest BCUT2D eigenvalue weighted by atomic mass is 9.90. The zero-order valence-electron chi connectivity index (χ0n) is 10.7. The second-order valence-corrected chi connectivity index (χ2v) is 5.05. The smallest absolute Gasteiger partial charge is 0.0936 e. The fourth-order valence-corrected chi connectivity index (χ4v) is 2.81. The minimum absolute atomic E-state index is 0.289. The van der Waals surface area contributed by atoms with E-state index in [4.69, 9.17) is 4.74 Å². The molecule has 0 aromatic carbocycles. The van der Waals surface area contributed by atoms with E-state index in [2.05, 4.69) is 5.10 Å². The second-order valence-electron chi connectivity index (χ2n) is 5.05. The molecule has 1 unspecified atom stereocenters. The molecule has 1 saturated carbocycles. The topological polar surface area (TPSA) is 47.3 Å². The highest BCUT2D eigenvalue weighted by Gasteiger charge is 2.40. The lowest BCUT2D eigenvalue weighted by Gasteiger charge is -2.32. The third-order valence-electron chi connectivity index (χ3n) is 3.93. The maximum atomic E-state index is 10.3. The number of aromatic nitrogens is 2. The third kappa shape index (κ3) is 2.69. The molecule has 0 bridgehead atoms. The molecule has 1 atom stereocenters. The Morgan fingerprint density at radius 1 is 1.53 bits per heavy atom. The van der Waals surface area contributed by atoms with Gasteiger partial charge >= 0.3 is 0 Å². The molecule has 1 N–H and O–H groups in total. The molecular formula is C13H22N2O2. The Hall–Kier alpha value is -0.870. The van der Waals surface area contributed by atoms with Crippen molar-refractivity contribution in [1.82, 2.24) is 9.78 Å². The molecule has 2 rings (SSSR count). The van der Waals surface area contributed by atoms with Crippen LogP contribution in [0.1, 0.15) is 37.7 Å². The van der Waals surface area contributed by atoms with Crippen molar-refractivity contribution in [3.8, 4) is 0 Å². The number of rotatable bonds is 5. The average molecular weight is 238 g/mol. The average Bonchev–Trinajstić information content (AvgIpc) is 2.95. The van der Waals surface area contributed by atoms with Crippen LogP contribution < -0.4 is 0 Å². The minimum Gasteiger partial charge on any atom is -0.390 e. The van der Waals surface area contributed by atoms with E-state index in [-0.39, 0.29) is 11.7 Å². The Bertz CT molecular complexity index is 356. The quantitative estimate of drug-likeness (QED) is 0.849. The van der Waals surface area contributed by atoms with Gasteiger partial charge in [-0.05, 0) is 31.2 Å². The van der Waals surface area contributed by atoms with Crippen LogP contribution in [0.25, 0.3) is 0 Å². The number of hydrogen-bond acceptors (Lipinski definition) is 3. The molecule has 4 heteroatoms. The zero-order chi connectivity index (χ0) is 12.3. The van der Waals surface area contributed by atoms with Gasteiger partial charge in [-0.25, -0.2) is 0 Å². The van der Waals surface area contributed by atoms with Crippen molar-refractivity contribution in [3.63, 3.8) is 0 Å². The van der Waals surface area contributed by atoms with Gasteiger partial charge in [0.2, 0.25) is 0 Å². The molecule has 1 aliphatic rings. The van der Waals surface area contributed by atoms with E-state index in [1.54, 1.807) is 11.8 Å². The van der Waals surface area contributed by atoms with Gasteiger partial charge in [-0.3, -0.25) is 4.68 Å². The SMILES string of the molecule is COC1(C(O)CCc2cnn(C)c2)CCCC1. The molecule has 1 aliphatic carbocycles. The molecule has 1 aromatic heterocycles. The van der Waals surface area contributed by atoms with Crippen LogP contribution in [0.2, 0.25) is 0 Å². The van der Waals surface area contributed by atoms with E-state index in [1.807, 2.05) is 19.4 Å². The molecule has 0 saturated heterocycles. The zero-order valence-corrected chi connectivity index (χ0v) is 10.7. The fraction of sp³-hybridized carbons (Fsp3) is 0.769. The monoisotopic (exact) mass is 238 g/mol. The number of nitrogens with zero attached hydrogens (tertiary/aromatic N) is 2. The molecule has 0 amide bonds. The molecule has 17 heavy (non-hydrogen) atoms. The van der Waals surface area contributed by atoms with Crippen molar-refractivity contribution in [2.45, 2.75) is 50.2 Å². The first-order chi connectivity index (χ1) is 8.16. The molecule has 1 heterocycles. The number of aryl methyl sites for hydroxylation is 2. The van der Waals surface area contributed by atoms with E-state index in [1.165, 1.54) is 5.56 Å². The van der Waals surface area contributed by atoms with Crippen molar-refractivity contribution < 1.29 is 9.84 Å². The first-order valence-corrected chi connectivity index (χ1v) is 6.37. The second kappa shape index (κ2) is 5.19. The number of ether oxygens (including phenoxy) is 1. The Morgan fingerprint density at radius 3 is 2.76 bits per heavy atom. The molecule has 4 nitrogen and oxygen atoms in total. The summed E-state index contributed by atoms with van der Waals surface area (Å²) >= 11 is 0. The Labute approximate surface area is 103 Å². The van der Waals surface area contributed by atoms with Crippen LogP contribution in [0.4, 0.5) is 0 Å². The van der Waals surface area contributed by atoms with Crippen LogP contribution in [-0.2, 0) is 18.2 Å². The van der Waals surface area contributed by atoms with Crippen molar-refractivity contribution in [2.24, 2.45) is 7.05 Å². The van der Waals surface area contributed by atoms with E-state index >= 15 is 0 Å². The molecule has 1 aromatic rings. The van der Waals surface area contributed by atoms with Gasteiger partial charge in [-0.15, -0.1) is 0 Å². The van der Waals surface area contributed by atoms with Gasteiger partial charge in [-0.2, -0.15) is 5.10 Å². The Morgan fingerprint density at radius 2 is 2.24 bits per heavy atom. The first kappa shape index (κ1) is 12.6. The van der Waals surface area contributed by atoms with Gasteiger partial charge in [0.05, 0.1) is 17.9 Å². The summed E-state index contributed by atoms with van der Waals surface area (Å²) in [4.78, 5) is 0. The molecule has 96 valence electrons. The van der Waals surface area contributed by atoms with E-state index in [0.29, 0.717) is 0 Å². The van der Waals surface area contributed by atoms with Crippen molar-refractivity contribution >= 4 is 0 Å². The molecular weight excluding hydrogens is 216 g/mol. The van der Waals surface area contributed by atoms with E-state index < -0.39 is 0 Å². The van der Waals surface area contributed by atoms with Crippen LogP contribution in [-0.4, -0.2) is 33.7 Å². The lowest BCUT2D eigenvalue weighted by molar-refractivity contribution is -0.100. The van der Waals surface area contributed by atoms with Gasteiger partial charge in [0.1, 0.15) is 0 Å². The predicted octanol–water partition coefficient (Wildman–Crippen LogP) is 1.67. The summed E-state index contributed by atoms with van der Waals surface area (Å²) in [6, 6.07) is 0. The van der Waals surface area contributed by atoms with Crippen LogP contribution >= 0.6 is 0 Å². The van der Waals surface area contributed by atoms with Gasteiger partial charge in [0, 0.05) is 20.4 Å². The van der Waals surface area contributed by atoms with Gasteiger partial charge in [0.15, 0.2) is 0 Å². The van der Waals surface area contributed by atoms with Crippen LogP contribution in [0.3, 0.4) is 0 Å². The van der Waals surface area contributed by atoms with Crippen LogP contribution in [0.15, 0.2) is 12.4 Å². The van der Waals surface area contributed by atoms with Gasteiger partial charge in [-0.1, -0.05) is 12.8 Å². The Kier molecular flexibility index (Phi) is 3.84. The van der Waals surface area contributed by atoms with Crippen molar-refractivity contribution in [2.75, 3.05) is 7.11 Å². The lowest BCUT2D eigenvalue weighted by Crippen LogP contribution is -2.41. The summed E-state index contributed by atoms with van der Waals surface area (Å²) in [6.45, 7) is 0. The fourth-order valence-electron chi connectivity index (χ4n) is 2.81. The van der Waals surface area contributed by atoms with Crippen molar-refractivity contribution in [1.29, 1.82) is 0 Å². The highest BCUT2D eigenvalue weighted by atomic mass is 16.5. The summed E-state index contributed by atoms with van der Waals surface area (Å²) in [5, 5.41) is 14.4. The summed E-state index contributed by atoms with van der Waals surface area (Å²) in [6.07, 6.45) is 9.40. The van der Waals surface area contributed by atoms with Gasteiger partial charge in [0.25, 0.3) is 0 Å². The largest absolute Gasteiger partial charge is 0.390 e. The van der Waals surface area contributed by atoms with E-state index in [0.717, 1.165) is 38.5 Å². The van der Waals surface area contributed by atoms with E-state index in [9.17, 15) is 5.11 Å². The maximum Gasteiger partial charge on any atom is 0.0936 e. The number of hydrogen-bond donors (Lipinski definition) is 1. The number of aliphatic hydroxyl groups excluding tert-OH is 1. The summed E-state index contributed by atoms with van der Waals surface area (Å²) in [5.41, 5.74) is 0.887. The minimum atomic E-state index is -0.366. The molecule has 0 aliphatic heterocycles. The standard InChI is InChI=1S/C13H22N2O2/c1-15-10-11(9-14-15)5-6-12(16)13(17-2)7-3-4-8-13/h9-10,12,16H,3-8H2,1-2H3. The summed E-state index contributed by atoms with van der Waals surface area (Å²) < 4.78 is 7.38. The maximum absolute atomic E-state index is 10.3. The molecule has 0 spiro atoms. The molecule has 1 fully saturated rings. The van der Waals surface area contributed by atoms with Crippen LogP contribution in [0.5, 0.6) is 0 Å². The van der Waals surface area contributed by atoms with Crippen LogP contribution in [0, 0.1) is 0 Å². The molecule has 0 radical (unpaired) electrons. The predicted molar refractivity (Wildman–Crippen MR) is 65.7 cm³/mol. The summed E-state index contributed by atoms with van der Waals surface area (Å²) in [5.74, 6) is 0. The third-order valence-corrected chi connectivity index (χ3v) is 3.93. The number of methoxy groups -OCH3 is 1. The van der Waals surface area contributed by atoms with Gasteiger partial charge < -0.3 is 9.84 Å². The highest BCUT2D eigenvalue weighted by molar-refractivity contribution is 5.05. The number of aliphatic hydroxyl groups is 1.